The van der Waals surface area contributed by atoms with Crippen LogP contribution in [-0.4, -0.2) is 19.4 Å². The van der Waals surface area contributed by atoms with Gasteiger partial charge >= 0.3 is 0 Å². The first-order valence-corrected chi connectivity index (χ1v) is 6.18. The molecule has 0 amide bonds. The molecule has 0 heterocycles. The normalized spacial score (nSPS) is 12.7. The van der Waals surface area contributed by atoms with Gasteiger partial charge in [-0.3, -0.25) is 10.1 Å². The van der Waals surface area contributed by atoms with Crippen LogP contribution in [0, 0.1) is 28.3 Å². The maximum Gasteiger partial charge on any atom is 0.292 e. The zero-order valence-corrected chi connectivity index (χ0v) is 10.1. The van der Waals surface area contributed by atoms with Gasteiger partial charge in [0.05, 0.1) is 17.0 Å². The number of rotatable bonds is 4. The molecule has 8 heteroatoms. The molecule has 1 aromatic rings. The minimum atomic E-state index is -4.16. The number of sulfonamides is 1. The van der Waals surface area contributed by atoms with Crippen molar-refractivity contribution >= 4 is 15.7 Å². The molecule has 0 radical (unpaired) electrons. The molecule has 0 aliphatic carbocycles. The van der Waals surface area contributed by atoms with Gasteiger partial charge in [0.25, 0.3) is 5.69 Å². The predicted molar refractivity (Wildman–Crippen MR) is 61.7 cm³/mol. The summed E-state index contributed by atoms with van der Waals surface area (Å²) in [5.41, 5.74) is -0.841. The third kappa shape index (κ3) is 3.03. The highest BCUT2D eigenvalue weighted by molar-refractivity contribution is 7.89. The first kappa shape index (κ1) is 14.1. The van der Waals surface area contributed by atoms with Crippen molar-refractivity contribution in [3.8, 4) is 12.3 Å². The highest BCUT2D eigenvalue weighted by atomic mass is 32.2. The molecular formula is C10H9FN2O4S. The number of hydrogen-bond acceptors (Lipinski definition) is 4. The molecule has 0 saturated heterocycles. The minimum absolute atomic E-state index is 0.537. The molecule has 1 unspecified atom stereocenters. The fraction of sp³-hybridized carbons (Fsp3) is 0.200. The monoisotopic (exact) mass is 272 g/mol. The van der Waals surface area contributed by atoms with Crippen molar-refractivity contribution in [2.24, 2.45) is 0 Å². The average molecular weight is 272 g/mol. The third-order valence-corrected chi connectivity index (χ3v) is 3.58. The summed E-state index contributed by atoms with van der Waals surface area (Å²) in [5.74, 6) is 1.22. The Balaban J connectivity index is 3.34. The molecule has 1 N–H and O–H groups in total. The summed E-state index contributed by atoms with van der Waals surface area (Å²) in [7, 11) is -4.16. The summed E-state index contributed by atoms with van der Waals surface area (Å²) in [4.78, 5) is 9.08. The predicted octanol–water partition coefficient (Wildman–Crippen LogP) is 1.03. The van der Waals surface area contributed by atoms with E-state index in [0.29, 0.717) is 6.07 Å². The van der Waals surface area contributed by atoms with E-state index in [4.69, 9.17) is 6.42 Å². The van der Waals surface area contributed by atoms with Crippen molar-refractivity contribution in [1.82, 2.24) is 4.72 Å². The summed E-state index contributed by atoms with van der Waals surface area (Å²) in [6.07, 6.45) is 5.01. The summed E-state index contributed by atoms with van der Waals surface area (Å²) < 4.78 is 38.5. The van der Waals surface area contributed by atoms with Gasteiger partial charge in [0.15, 0.2) is 4.90 Å². The van der Waals surface area contributed by atoms with E-state index >= 15 is 0 Å². The zero-order chi connectivity index (χ0) is 13.9. The quantitative estimate of drug-likeness (QED) is 0.503. The average Bonchev–Trinajstić information content (AvgIpc) is 2.27. The van der Waals surface area contributed by atoms with E-state index in [2.05, 4.69) is 5.92 Å². The van der Waals surface area contributed by atoms with Gasteiger partial charge in [-0.1, -0.05) is 5.92 Å². The van der Waals surface area contributed by atoms with Crippen LogP contribution in [0.5, 0.6) is 0 Å². The van der Waals surface area contributed by atoms with Crippen LogP contribution in [0.1, 0.15) is 6.92 Å². The highest BCUT2D eigenvalue weighted by Gasteiger charge is 2.27. The van der Waals surface area contributed by atoms with Crippen LogP contribution < -0.4 is 4.72 Å². The molecular weight excluding hydrogens is 263 g/mol. The van der Waals surface area contributed by atoms with Gasteiger partial charge in [-0.15, -0.1) is 6.42 Å². The lowest BCUT2D eigenvalue weighted by Crippen LogP contribution is -2.31. The molecule has 1 rings (SSSR count). The summed E-state index contributed by atoms with van der Waals surface area (Å²) >= 11 is 0. The number of nitro groups is 1. The minimum Gasteiger partial charge on any atom is -0.258 e. The maximum absolute atomic E-state index is 12.9. The fourth-order valence-corrected chi connectivity index (χ4v) is 2.51. The van der Waals surface area contributed by atoms with Crippen LogP contribution in [0.15, 0.2) is 23.1 Å². The van der Waals surface area contributed by atoms with E-state index < -0.39 is 37.4 Å². The second kappa shape index (κ2) is 5.12. The highest BCUT2D eigenvalue weighted by Crippen LogP contribution is 2.24. The first-order chi connectivity index (χ1) is 8.27. The molecule has 0 fully saturated rings. The first-order valence-electron chi connectivity index (χ1n) is 4.70. The molecule has 0 aliphatic heterocycles. The smallest absolute Gasteiger partial charge is 0.258 e. The number of nitro benzene ring substituents is 1. The molecule has 96 valence electrons. The van der Waals surface area contributed by atoms with E-state index in [0.717, 1.165) is 12.1 Å². The Hall–Kier alpha value is -1.98. The molecule has 1 aromatic carbocycles. The Morgan fingerprint density at radius 1 is 1.56 bits per heavy atom. The van der Waals surface area contributed by atoms with Crippen molar-refractivity contribution in [1.29, 1.82) is 0 Å². The Morgan fingerprint density at radius 2 is 2.17 bits per heavy atom. The molecule has 0 aromatic heterocycles. The van der Waals surface area contributed by atoms with Crippen molar-refractivity contribution in [3.05, 3.63) is 34.1 Å². The topological polar surface area (TPSA) is 89.3 Å². The van der Waals surface area contributed by atoms with Crippen molar-refractivity contribution in [3.63, 3.8) is 0 Å². The molecule has 0 aliphatic rings. The SMILES string of the molecule is C#CC(C)NS(=O)(=O)c1ccc(F)cc1[N+](=O)[O-]. The van der Waals surface area contributed by atoms with E-state index in [1.807, 2.05) is 4.72 Å². The van der Waals surface area contributed by atoms with E-state index in [1.54, 1.807) is 0 Å². The van der Waals surface area contributed by atoms with Crippen LogP contribution in [0.3, 0.4) is 0 Å². The second-order valence-electron chi connectivity index (χ2n) is 3.38. The van der Waals surface area contributed by atoms with Crippen LogP contribution in [0.25, 0.3) is 0 Å². The second-order valence-corrected chi connectivity index (χ2v) is 5.06. The van der Waals surface area contributed by atoms with Crippen molar-refractivity contribution in [2.75, 3.05) is 0 Å². The Kier molecular flexibility index (Phi) is 4.00. The van der Waals surface area contributed by atoms with Gasteiger partial charge < -0.3 is 0 Å². The largest absolute Gasteiger partial charge is 0.292 e. The van der Waals surface area contributed by atoms with Gasteiger partial charge in [0, 0.05) is 0 Å². The summed E-state index contributed by atoms with van der Waals surface area (Å²) in [5, 5.41) is 10.7. The Bertz CT molecular complexity index is 621. The number of terminal acetylenes is 1. The van der Waals surface area contributed by atoms with Gasteiger partial charge in [-0.2, -0.15) is 4.72 Å². The van der Waals surface area contributed by atoms with Crippen molar-refractivity contribution in [2.45, 2.75) is 17.9 Å². The van der Waals surface area contributed by atoms with Crippen LogP contribution in [0.4, 0.5) is 10.1 Å². The number of nitrogens with zero attached hydrogens (tertiary/aromatic N) is 1. The standard InChI is InChI=1S/C10H9FN2O4S/c1-3-7(2)12-18(16,17)10-5-4-8(11)6-9(10)13(14)15/h1,4-7,12H,2H3. The lowest BCUT2D eigenvalue weighted by Gasteiger charge is -2.09. The summed E-state index contributed by atoms with van der Waals surface area (Å²) in [6, 6.07) is 1.34. The van der Waals surface area contributed by atoms with Crippen LogP contribution in [0.2, 0.25) is 0 Å². The molecule has 18 heavy (non-hydrogen) atoms. The Labute approximate surface area is 103 Å². The van der Waals surface area contributed by atoms with Gasteiger partial charge in [-0.05, 0) is 19.1 Å². The Morgan fingerprint density at radius 3 is 2.67 bits per heavy atom. The fourth-order valence-electron chi connectivity index (χ4n) is 1.19. The molecule has 1 atom stereocenters. The number of halogens is 1. The zero-order valence-electron chi connectivity index (χ0n) is 9.25. The van der Waals surface area contributed by atoms with Crippen LogP contribution >= 0.6 is 0 Å². The van der Waals surface area contributed by atoms with E-state index in [9.17, 15) is 22.9 Å². The van der Waals surface area contributed by atoms with Gasteiger partial charge in [0.2, 0.25) is 10.0 Å². The molecule has 0 saturated carbocycles. The number of hydrogen-bond donors (Lipinski definition) is 1. The van der Waals surface area contributed by atoms with E-state index in [-0.39, 0.29) is 0 Å². The number of nitrogens with one attached hydrogen (secondary N) is 1. The lowest BCUT2D eigenvalue weighted by molar-refractivity contribution is -0.388. The van der Waals surface area contributed by atoms with Crippen molar-refractivity contribution < 1.29 is 17.7 Å². The third-order valence-electron chi connectivity index (χ3n) is 1.99. The molecule has 6 nitrogen and oxygen atoms in total. The van der Waals surface area contributed by atoms with E-state index in [1.165, 1.54) is 6.92 Å². The molecule has 0 spiro atoms. The van der Waals surface area contributed by atoms with Crippen LogP contribution in [-0.2, 0) is 10.0 Å². The summed E-state index contributed by atoms with van der Waals surface area (Å²) in [6.45, 7) is 1.40. The van der Waals surface area contributed by atoms with Gasteiger partial charge in [-0.25, -0.2) is 12.8 Å². The maximum atomic E-state index is 12.9. The lowest BCUT2D eigenvalue weighted by atomic mass is 10.3. The molecule has 0 bridgehead atoms. The van der Waals surface area contributed by atoms with Gasteiger partial charge in [0.1, 0.15) is 5.82 Å². The number of benzene rings is 1.